The van der Waals surface area contributed by atoms with E-state index in [1.807, 2.05) is 13.0 Å². The number of carbonyl (C=O) groups excluding carboxylic acids is 1. The Morgan fingerprint density at radius 3 is 3.14 bits per heavy atom. The smallest absolute Gasteiger partial charge is 0.223 e. The first-order chi connectivity index (χ1) is 6.83. The van der Waals surface area contributed by atoms with Gasteiger partial charge in [0.2, 0.25) is 5.91 Å². The van der Waals surface area contributed by atoms with Crippen molar-refractivity contribution in [2.24, 2.45) is 0 Å². The van der Waals surface area contributed by atoms with E-state index in [-0.39, 0.29) is 5.91 Å². The van der Waals surface area contributed by atoms with Gasteiger partial charge in [0.25, 0.3) is 0 Å². The van der Waals surface area contributed by atoms with Crippen molar-refractivity contribution in [3.63, 3.8) is 0 Å². The van der Waals surface area contributed by atoms with Crippen LogP contribution in [-0.4, -0.2) is 24.0 Å². The van der Waals surface area contributed by atoms with Crippen molar-refractivity contribution in [3.8, 4) is 5.75 Å². The van der Waals surface area contributed by atoms with E-state index >= 15 is 0 Å². The van der Waals surface area contributed by atoms with Gasteiger partial charge in [-0.25, -0.2) is 0 Å². The fourth-order valence-electron chi connectivity index (χ4n) is 0.980. The van der Waals surface area contributed by atoms with Crippen LogP contribution >= 0.6 is 0 Å². The molecular weight excluding hydrogens is 180 g/mol. The minimum absolute atomic E-state index is 0.0105. The largest absolute Gasteiger partial charge is 0.491 e. The van der Waals surface area contributed by atoms with E-state index in [4.69, 9.17) is 4.74 Å². The number of hydrogen-bond donors (Lipinski definition) is 1. The fraction of sp³-hybridized carbons (Fsp3) is 0.400. The number of nitrogens with zero attached hydrogens (tertiary/aromatic N) is 1. The van der Waals surface area contributed by atoms with Crippen LogP contribution in [0.2, 0.25) is 0 Å². The number of rotatable bonds is 5. The zero-order valence-electron chi connectivity index (χ0n) is 8.19. The Morgan fingerprint density at radius 2 is 2.50 bits per heavy atom. The Hall–Kier alpha value is -1.58. The van der Waals surface area contributed by atoms with Gasteiger partial charge in [0, 0.05) is 12.7 Å². The molecule has 0 saturated heterocycles. The van der Waals surface area contributed by atoms with Crippen molar-refractivity contribution < 1.29 is 9.53 Å². The predicted octanol–water partition coefficient (Wildman–Crippen LogP) is 0.987. The molecule has 4 heteroatoms. The highest BCUT2D eigenvalue weighted by molar-refractivity contribution is 5.75. The summed E-state index contributed by atoms with van der Waals surface area (Å²) in [5.41, 5.74) is 0. The molecule has 1 aromatic rings. The van der Waals surface area contributed by atoms with Crippen molar-refractivity contribution in [2.45, 2.75) is 13.3 Å². The third-order valence-corrected chi connectivity index (χ3v) is 1.61. The third-order valence-electron chi connectivity index (χ3n) is 1.61. The standard InChI is InChI=1S/C10H14N2O2/c1-2-12-10(13)5-7-14-9-4-3-6-11-8-9/h3-4,6,8H,2,5,7H2,1H3,(H,12,13). The first-order valence-electron chi connectivity index (χ1n) is 4.62. The fourth-order valence-corrected chi connectivity index (χ4v) is 0.980. The number of nitrogens with one attached hydrogen (secondary N) is 1. The van der Waals surface area contributed by atoms with Crippen molar-refractivity contribution in [1.29, 1.82) is 0 Å². The summed E-state index contributed by atoms with van der Waals surface area (Å²) in [6, 6.07) is 3.60. The van der Waals surface area contributed by atoms with Gasteiger partial charge in [0.05, 0.1) is 19.2 Å². The Morgan fingerprint density at radius 1 is 1.64 bits per heavy atom. The van der Waals surface area contributed by atoms with Crippen molar-refractivity contribution >= 4 is 5.91 Å². The highest BCUT2D eigenvalue weighted by Gasteiger charge is 1.99. The Balaban J connectivity index is 2.19. The van der Waals surface area contributed by atoms with Crippen LogP contribution in [0.15, 0.2) is 24.5 Å². The Labute approximate surface area is 83.3 Å². The molecule has 0 aromatic carbocycles. The maximum Gasteiger partial charge on any atom is 0.223 e. The number of carbonyl (C=O) groups is 1. The zero-order chi connectivity index (χ0) is 10.2. The Kier molecular flexibility index (Phi) is 4.47. The van der Waals surface area contributed by atoms with Gasteiger partial charge in [-0.2, -0.15) is 0 Å². The summed E-state index contributed by atoms with van der Waals surface area (Å²) in [7, 11) is 0. The third kappa shape index (κ3) is 3.89. The second-order valence-electron chi connectivity index (χ2n) is 2.74. The van der Waals surface area contributed by atoms with Gasteiger partial charge in [-0.1, -0.05) is 0 Å². The van der Waals surface area contributed by atoms with Crippen molar-refractivity contribution in [3.05, 3.63) is 24.5 Å². The lowest BCUT2D eigenvalue weighted by Gasteiger charge is -2.04. The molecule has 1 aromatic heterocycles. The van der Waals surface area contributed by atoms with Gasteiger partial charge in [-0.15, -0.1) is 0 Å². The van der Waals surface area contributed by atoms with Crippen LogP contribution in [0.4, 0.5) is 0 Å². The molecule has 0 aliphatic carbocycles. The molecule has 0 bridgehead atoms. The van der Waals surface area contributed by atoms with Crippen LogP contribution in [-0.2, 0) is 4.79 Å². The van der Waals surface area contributed by atoms with Crippen molar-refractivity contribution in [1.82, 2.24) is 10.3 Å². The van der Waals surface area contributed by atoms with Crippen LogP contribution in [0, 0.1) is 0 Å². The topological polar surface area (TPSA) is 51.2 Å². The van der Waals surface area contributed by atoms with E-state index in [1.165, 1.54) is 0 Å². The molecule has 1 amide bonds. The summed E-state index contributed by atoms with van der Waals surface area (Å²) >= 11 is 0. The molecule has 76 valence electrons. The van der Waals surface area contributed by atoms with Gasteiger partial charge >= 0.3 is 0 Å². The molecule has 0 fully saturated rings. The van der Waals surface area contributed by atoms with Crippen LogP contribution in [0.5, 0.6) is 5.75 Å². The van der Waals surface area contributed by atoms with E-state index in [0.29, 0.717) is 25.3 Å². The molecule has 1 rings (SSSR count). The maximum absolute atomic E-state index is 11.0. The van der Waals surface area contributed by atoms with Gasteiger partial charge < -0.3 is 10.1 Å². The van der Waals surface area contributed by atoms with Gasteiger partial charge in [-0.3, -0.25) is 9.78 Å². The molecule has 1 heterocycles. The van der Waals surface area contributed by atoms with Crippen LogP contribution < -0.4 is 10.1 Å². The number of pyridine rings is 1. The monoisotopic (exact) mass is 194 g/mol. The SMILES string of the molecule is CCNC(=O)CCOc1cccnc1. The molecule has 0 radical (unpaired) electrons. The minimum Gasteiger partial charge on any atom is -0.491 e. The molecule has 0 atom stereocenters. The van der Waals surface area contributed by atoms with E-state index in [2.05, 4.69) is 10.3 Å². The summed E-state index contributed by atoms with van der Waals surface area (Å²) in [5, 5.41) is 2.70. The summed E-state index contributed by atoms with van der Waals surface area (Å²) < 4.78 is 5.30. The molecule has 0 spiro atoms. The number of aromatic nitrogens is 1. The normalized spacial score (nSPS) is 9.50. The summed E-state index contributed by atoms with van der Waals surface area (Å²) in [6.07, 6.45) is 3.68. The lowest BCUT2D eigenvalue weighted by Crippen LogP contribution is -2.24. The number of amides is 1. The second-order valence-corrected chi connectivity index (χ2v) is 2.74. The molecule has 0 saturated carbocycles. The number of hydrogen-bond acceptors (Lipinski definition) is 3. The first-order valence-corrected chi connectivity index (χ1v) is 4.62. The molecule has 1 N–H and O–H groups in total. The molecular formula is C10H14N2O2. The highest BCUT2D eigenvalue weighted by atomic mass is 16.5. The average molecular weight is 194 g/mol. The van der Waals surface area contributed by atoms with E-state index in [9.17, 15) is 4.79 Å². The molecule has 0 unspecified atom stereocenters. The molecule has 0 aliphatic rings. The first kappa shape index (κ1) is 10.5. The van der Waals surface area contributed by atoms with Crippen LogP contribution in [0.25, 0.3) is 0 Å². The minimum atomic E-state index is 0.0105. The van der Waals surface area contributed by atoms with E-state index in [1.54, 1.807) is 18.5 Å². The van der Waals surface area contributed by atoms with Crippen LogP contribution in [0.1, 0.15) is 13.3 Å². The lowest BCUT2D eigenvalue weighted by atomic mass is 10.4. The molecule has 0 aliphatic heterocycles. The maximum atomic E-state index is 11.0. The highest BCUT2D eigenvalue weighted by Crippen LogP contribution is 2.05. The average Bonchev–Trinajstić information content (AvgIpc) is 2.20. The van der Waals surface area contributed by atoms with Gasteiger partial charge in [-0.05, 0) is 19.1 Å². The predicted molar refractivity (Wildman–Crippen MR) is 53.0 cm³/mol. The van der Waals surface area contributed by atoms with E-state index in [0.717, 1.165) is 0 Å². The Bertz CT molecular complexity index is 275. The molecule has 4 nitrogen and oxygen atoms in total. The second kappa shape index (κ2) is 5.96. The summed E-state index contributed by atoms with van der Waals surface area (Å²) in [4.78, 5) is 14.9. The zero-order valence-corrected chi connectivity index (χ0v) is 8.19. The number of ether oxygens (including phenoxy) is 1. The van der Waals surface area contributed by atoms with Crippen molar-refractivity contribution in [2.75, 3.05) is 13.2 Å². The summed E-state index contributed by atoms with van der Waals surface area (Å²) in [5.74, 6) is 0.702. The van der Waals surface area contributed by atoms with E-state index < -0.39 is 0 Å². The van der Waals surface area contributed by atoms with Gasteiger partial charge in [0.1, 0.15) is 5.75 Å². The quantitative estimate of drug-likeness (QED) is 0.760. The lowest BCUT2D eigenvalue weighted by molar-refractivity contribution is -0.121. The summed E-state index contributed by atoms with van der Waals surface area (Å²) in [6.45, 7) is 2.93. The van der Waals surface area contributed by atoms with Crippen LogP contribution in [0.3, 0.4) is 0 Å². The molecule has 14 heavy (non-hydrogen) atoms. The van der Waals surface area contributed by atoms with Gasteiger partial charge in [0.15, 0.2) is 0 Å².